The fraction of sp³-hybridized carbons (Fsp3) is 0.235. The molecule has 1 amide bonds. The Labute approximate surface area is 133 Å². The number of hydrogen-bond donors (Lipinski definition) is 1. The average Bonchev–Trinajstić information content (AvgIpc) is 2.50. The molecule has 2 aromatic carbocycles. The summed E-state index contributed by atoms with van der Waals surface area (Å²) < 4.78 is 6.61. The van der Waals surface area contributed by atoms with Gasteiger partial charge in [-0.05, 0) is 43.7 Å². The fourth-order valence-electron chi connectivity index (χ4n) is 1.93. The summed E-state index contributed by atoms with van der Waals surface area (Å²) in [5, 5.41) is 2.95. The molecule has 0 fully saturated rings. The largest absolute Gasteiger partial charge is 0.481 e. The molecule has 2 atom stereocenters. The first-order chi connectivity index (χ1) is 10.1. The van der Waals surface area contributed by atoms with Crippen LogP contribution in [-0.4, -0.2) is 12.0 Å². The Morgan fingerprint density at radius 1 is 1.05 bits per heavy atom. The van der Waals surface area contributed by atoms with Crippen LogP contribution in [0.25, 0.3) is 0 Å². The molecule has 0 unspecified atom stereocenters. The van der Waals surface area contributed by atoms with Crippen molar-refractivity contribution in [3.05, 3.63) is 64.6 Å². The number of rotatable bonds is 5. The lowest BCUT2D eigenvalue weighted by molar-refractivity contribution is -0.127. The SMILES string of the molecule is C[C@H](Oc1ccc(Br)cc1)C(=O)N[C@@H](C)c1ccccc1. The van der Waals surface area contributed by atoms with Crippen LogP contribution in [-0.2, 0) is 4.79 Å². The smallest absolute Gasteiger partial charge is 0.261 e. The zero-order chi connectivity index (χ0) is 15.2. The van der Waals surface area contributed by atoms with Crippen molar-refractivity contribution in [2.24, 2.45) is 0 Å². The van der Waals surface area contributed by atoms with Crippen LogP contribution in [0.15, 0.2) is 59.1 Å². The maximum Gasteiger partial charge on any atom is 0.261 e. The van der Waals surface area contributed by atoms with Crippen molar-refractivity contribution in [2.45, 2.75) is 26.0 Å². The zero-order valence-electron chi connectivity index (χ0n) is 12.0. The average molecular weight is 348 g/mol. The van der Waals surface area contributed by atoms with Gasteiger partial charge in [0.2, 0.25) is 0 Å². The van der Waals surface area contributed by atoms with Gasteiger partial charge in [0, 0.05) is 4.47 Å². The highest BCUT2D eigenvalue weighted by molar-refractivity contribution is 9.10. The lowest BCUT2D eigenvalue weighted by Gasteiger charge is -2.19. The Balaban J connectivity index is 1.92. The van der Waals surface area contributed by atoms with E-state index in [9.17, 15) is 4.79 Å². The lowest BCUT2D eigenvalue weighted by Crippen LogP contribution is -2.37. The van der Waals surface area contributed by atoms with Gasteiger partial charge in [-0.1, -0.05) is 46.3 Å². The molecule has 0 saturated heterocycles. The first kappa shape index (κ1) is 15.6. The van der Waals surface area contributed by atoms with Crippen LogP contribution in [0.2, 0.25) is 0 Å². The van der Waals surface area contributed by atoms with E-state index in [2.05, 4.69) is 21.2 Å². The molecular weight excluding hydrogens is 330 g/mol. The second kappa shape index (κ2) is 7.27. The van der Waals surface area contributed by atoms with Crippen LogP contribution >= 0.6 is 15.9 Å². The molecule has 4 heteroatoms. The van der Waals surface area contributed by atoms with E-state index in [4.69, 9.17) is 4.74 Å². The number of halogens is 1. The number of carbonyl (C=O) groups is 1. The Morgan fingerprint density at radius 2 is 1.67 bits per heavy atom. The number of benzene rings is 2. The highest BCUT2D eigenvalue weighted by Gasteiger charge is 2.17. The third-order valence-corrected chi connectivity index (χ3v) is 3.68. The van der Waals surface area contributed by atoms with Crippen molar-refractivity contribution in [3.63, 3.8) is 0 Å². The molecule has 0 radical (unpaired) electrons. The Kier molecular flexibility index (Phi) is 5.39. The molecule has 0 aliphatic carbocycles. The maximum atomic E-state index is 12.2. The van der Waals surface area contributed by atoms with Crippen LogP contribution in [0, 0.1) is 0 Å². The van der Waals surface area contributed by atoms with E-state index in [1.807, 2.05) is 61.5 Å². The quantitative estimate of drug-likeness (QED) is 0.884. The highest BCUT2D eigenvalue weighted by Crippen LogP contribution is 2.18. The number of hydrogen-bond acceptors (Lipinski definition) is 2. The second-order valence-electron chi connectivity index (χ2n) is 4.85. The highest BCUT2D eigenvalue weighted by atomic mass is 79.9. The number of carbonyl (C=O) groups excluding carboxylic acids is 1. The van der Waals surface area contributed by atoms with Crippen LogP contribution in [0.5, 0.6) is 5.75 Å². The zero-order valence-corrected chi connectivity index (χ0v) is 13.6. The van der Waals surface area contributed by atoms with Gasteiger partial charge in [-0.3, -0.25) is 4.79 Å². The van der Waals surface area contributed by atoms with Crippen molar-refractivity contribution in [3.8, 4) is 5.75 Å². The molecular formula is C17H18BrNO2. The summed E-state index contributed by atoms with van der Waals surface area (Å²) in [5.41, 5.74) is 1.07. The molecule has 0 spiro atoms. The number of ether oxygens (including phenoxy) is 1. The third kappa shape index (κ3) is 4.60. The molecule has 0 aliphatic rings. The summed E-state index contributed by atoms with van der Waals surface area (Å²) in [6.45, 7) is 3.70. The van der Waals surface area contributed by atoms with Gasteiger partial charge in [0.05, 0.1) is 6.04 Å². The van der Waals surface area contributed by atoms with E-state index < -0.39 is 6.10 Å². The van der Waals surface area contributed by atoms with Crippen LogP contribution in [0.4, 0.5) is 0 Å². The monoisotopic (exact) mass is 347 g/mol. The summed E-state index contributed by atoms with van der Waals surface area (Å²) in [4.78, 5) is 12.2. The molecule has 3 nitrogen and oxygen atoms in total. The van der Waals surface area contributed by atoms with Gasteiger partial charge in [0.25, 0.3) is 5.91 Å². The summed E-state index contributed by atoms with van der Waals surface area (Å²) in [6, 6.07) is 17.2. The molecule has 0 aromatic heterocycles. The molecule has 21 heavy (non-hydrogen) atoms. The normalized spacial score (nSPS) is 13.3. The predicted octanol–water partition coefficient (Wildman–Crippen LogP) is 4.09. The molecule has 0 bridgehead atoms. The van der Waals surface area contributed by atoms with Gasteiger partial charge in [-0.2, -0.15) is 0 Å². The van der Waals surface area contributed by atoms with E-state index >= 15 is 0 Å². The van der Waals surface area contributed by atoms with Gasteiger partial charge in [-0.25, -0.2) is 0 Å². The van der Waals surface area contributed by atoms with Crippen LogP contribution < -0.4 is 10.1 Å². The van der Waals surface area contributed by atoms with E-state index in [1.165, 1.54) is 0 Å². The minimum atomic E-state index is -0.544. The maximum absolute atomic E-state index is 12.2. The minimum absolute atomic E-state index is 0.0466. The van der Waals surface area contributed by atoms with Crippen molar-refractivity contribution >= 4 is 21.8 Å². The topological polar surface area (TPSA) is 38.3 Å². The summed E-state index contributed by atoms with van der Waals surface area (Å²) in [6.07, 6.45) is -0.544. The Morgan fingerprint density at radius 3 is 2.29 bits per heavy atom. The van der Waals surface area contributed by atoms with Gasteiger partial charge in [-0.15, -0.1) is 0 Å². The summed E-state index contributed by atoms with van der Waals surface area (Å²) in [7, 11) is 0. The molecule has 0 aliphatic heterocycles. The minimum Gasteiger partial charge on any atom is -0.481 e. The third-order valence-electron chi connectivity index (χ3n) is 3.15. The van der Waals surface area contributed by atoms with E-state index in [-0.39, 0.29) is 11.9 Å². The standard InChI is InChI=1S/C17H18BrNO2/c1-12(14-6-4-3-5-7-14)19-17(20)13(2)21-16-10-8-15(18)9-11-16/h3-13H,1-2H3,(H,19,20)/t12-,13-/m0/s1. The molecule has 110 valence electrons. The fourth-order valence-corrected chi connectivity index (χ4v) is 2.19. The van der Waals surface area contributed by atoms with E-state index in [0.717, 1.165) is 10.0 Å². The van der Waals surface area contributed by atoms with Crippen molar-refractivity contribution in [2.75, 3.05) is 0 Å². The number of amides is 1. The van der Waals surface area contributed by atoms with Crippen molar-refractivity contribution in [1.82, 2.24) is 5.32 Å². The van der Waals surface area contributed by atoms with Crippen LogP contribution in [0.1, 0.15) is 25.5 Å². The Bertz CT molecular complexity index is 583. The first-order valence-corrected chi connectivity index (χ1v) is 7.63. The van der Waals surface area contributed by atoms with Gasteiger partial charge in [0.1, 0.15) is 5.75 Å². The first-order valence-electron chi connectivity index (χ1n) is 6.84. The molecule has 0 heterocycles. The summed E-state index contributed by atoms with van der Waals surface area (Å²) in [5.74, 6) is 0.544. The van der Waals surface area contributed by atoms with Crippen molar-refractivity contribution < 1.29 is 9.53 Å². The lowest BCUT2D eigenvalue weighted by atomic mass is 10.1. The Hall–Kier alpha value is -1.81. The van der Waals surface area contributed by atoms with E-state index in [1.54, 1.807) is 6.92 Å². The predicted molar refractivity (Wildman–Crippen MR) is 87.2 cm³/mol. The van der Waals surface area contributed by atoms with Gasteiger partial charge >= 0.3 is 0 Å². The molecule has 2 rings (SSSR count). The van der Waals surface area contributed by atoms with Gasteiger partial charge < -0.3 is 10.1 Å². The van der Waals surface area contributed by atoms with Gasteiger partial charge in [0.15, 0.2) is 6.10 Å². The molecule has 2 aromatic rings. The van der Waals surface area contributed by atoms with Crippen molar-refractivity contribution in [1.29, 1.82) is 0 Å². The van der Waals surface area contributed by atoms with E-state index in [0.29, 0.717) is 5.75 Å². The molecule has 0 saturated carbocycles. The summed E-state index contributed by atoms with van der Waals surface area (Å²) >= 11 is 3.36. The second-order valence-corrected chi connectivity index (χ2v) is 5.77. The molecule has 1 N–H and O–H groups in total. The number of nitrogens with one attached hydrogen (secondary N) is 1. The van der Waals surface area contributed by atoms with Crippen LogP contribution in [0.3, 0.4) is 0 Å².